The van der Waals surface area contributed by atoms with Gasteiger partial charge >= 0.3 is 6.18 Å². The maximum atomic E-state index is 11.7. The maximum Gasteiger partial charge on any atom is 0.389 e. The van der Waals surface area contributed by atoms with Crippen LogP contribution in [0.25, 0.3) is 0 Å². The van der Waals surface area contributed by atoms with Crippen LogP contribution in [0.15, 0.2) is 0 Å². The summed E-state index contributed by atoms with van der Waals surface area (Å²) in [5.41, 5.74) is 0. The molecule has 2 nitrogen and oxygen atoms in total. The molecule has 0 fully saturated rings. The second-order valence-electron chi connectivity index (χ2n) is 3.87. The molecule has 0 aromatic carbocycles. The topological polar surface area (TPSA) is 29.1 Å². The minimum Gasteiger partial charge on any atom is -0.314 e. The fourth-order valence-corrected chi connectivity index (χ4v) is 1.11. The van der Waals surface area contributed by atoms with E-state index in [2.05, 4.69) is 5.32 Å². The van der Waals surface area contributed by atoms with E-state index < -0.39 is 12.6 Å². The van der Waals surface area contributed by atoms with E-state index in [1.807, 2.05) is 13.8 Å². The Morgan fingerprint density at radius 2 is 1.87 bits per heavy atom. The standard InChI is InChI=1S/C10H18F3NO/c1-8(2)14-7-5-9(15)4-3-6-10(11,12)13/h8,14H,3-7H2,1-2H3. The molecule has 5 heteroatoms. The van der Waals surface area contributed by atoms with E-state index in [1.54, 1.807) is 0 Å². The van der Waals surface area contributed by atoms with E-state index in [-0.39, 0.29) is 18.6 Å². The van der Waals surface area contributed by atoms with Crippen molar-refractivity contribution in [2.45, 2.75) is 51.7 Å². The molecular weight excluding hydrogens is 207 g/mol. The SMILES string of the molecule is CC(C)NCCC(=O)CCCC(F)(F)F. The van der Waals surface area contributed by atoms with E-state index >= 15 is 0 Å². The average Bonchev–Trinajstić information content (AvgIpc) is 2.00. The van der Waals surface area contributed by atoms with Crippen molar-refractivity contribution in [2.24, 2.45) is 0 Å². The lowest BCUT2D eigenvalue weighted by Gasteiger charge is -2.07. The minimum absolute atomic E-state index is 0.0271. The molecule has 0 aliphatic carbocycles. The first-order chi connectivity index (χ1) is 6.81. The number of nitrogens with one attached hydrogen (secondary N) is 1. The molecule has 0 unspecified atom stereocenters. The summed E-state index contributed by atoms with van der Waals surface area (Å²) in [6.07, 6.45) is -4.76. The largest absolute Gasteiger partial charge is 0.389 e. The van der Waals surface area contributed by atoms with Crippen molar-refractivity contribution in [1.82, 2.24) is 5.32 Å². The van der Waals surface area contributed by atoms with Gasteiger partial charge in [-0.3, -0.25) is 4.79 Å². The number of alkyl halides is 3. The van der Waals surface area contributed by atoms with Gasteiger partial charge in [0.1, 0.15) is 5.78 Å². The van der Waals surface area contributed by atoms with Gasteiger partial charge in [0.15, 0.2) is 0 Å². The molecule has 15 heavy (non-hydrogen) atoms. The smallest absolute Gasteiger partial charge is 0.314 e. The van der Waals surface area contributed by atoms with Gasteiger partial charge < -0.3 is 5.32 Å². The Kier molecular flexibility index (Phi) is 6.56. The summed E-state index contributed by atoms with van der Waals surface area (Å²) in [4.78, 5) is 11.1. The second-order valence-corrected chi connectivity index (χ2v) is 3.87. The quantitative estimate of drug-likeness (QED) is 0.721. The number of carbonyl (C=O) groups is 1. The highest BCUT2D eigenvalue weighted by atomic mass is 19.4. The van der Waals surface area contributed by atoms with Crippen LogP contribution in [0.2, 0.25) is 0 Å². The number of halogens is 3. The van der Waals surface area contributed by atoms with E-state index in [1.165, 1.54) is 0 Å². The number of hydrogen-bond acceptors (Lipinski definition) is 2. The van der Waals surface area contributed by atoms with Crippen molar-refractivity contribution in [3.8, 4) is 0 Å². The normalized spacial score (nSPS) is 12.1. The monoisotopic (exact) mass is 225 g/mol. The van der Waals surface area contributed by atoms with Crippen molar-refractivity contribution in [3.05, 3.63) is 0 Å². The molecular formula is C10H18F3NO. The fraction of sp³-hybridized carbons (Fsp3) is 0.900. The van der Waals surface area contributed by atoms with Crippen LogP contribution in [-0.4, -0.2) is 24.5 Å². The summed E-state index contributed by atoms with van der Waals surface area (Å²) in [5, 5.41) is 3.04. The Hall–Kier alpha value is -0.580. The van der Waals surface area contributed by atoms with Crippen molar-refractivity contribution < 1.29 is 18.0 Å². The molecule has 0 rings (SSSR count). The van der Waals surface area contributed by atoms with Gasteiger partial charge in [-0.1, -0.05) is 13.8 Å². The summed E-state index contributed by atoms with van der Waals surface area (Å²) in [6, 6.07) is 0.299. The number of Topliss-reactive ketones (excluding diaryl/α,β-unsaturated/α-hetero) is 1. The lowest BCUT2D eigenvalue weighted by Crippen LogP contribution is -2.25. The minimum atomic E-state index is -4.14. The van der Waals surface area contributed by atoms with Crippen LogP contribution in [0, 0.1) is 0 Å². The molecule has 0 bridgehead atoms. The van der Waals surface area contributed by atoms with Crippen LogP contribution in [0.4, 0.5) is 13.2 Å². The van der Waals surface area contributed by atoms with Gasteiger partial charge in [-0.2, -0.15) is 13.2 Å². The van der Waals surface area contributed by atoms with Crippen molar-refractivity contribution >= 4 is 5.78 Å². The van der Waals surface area contributed by atoms with E-state index in [9.17, 15) is 18.0 Å². The first-order valence-corrected chi connectivity index (χ1v) is 5.13. The molecule has 0 atom stereocenters. The molecule has 0 radical (unpaired) electrons. The molecule has 90 valence electrons. The number of carbonyl (C=O) groups excluding carboxylic acids is 1. The second kappa shape index (κ2) is 6.82. The third kappa shape index (κ3) is 11.3. The predicted octanol–water partition coefficient (Wildman–Crippen LogP) is 2.68. The molecule has 0 saturated carbocycles. The van der Waals surface area contributed by atoms with Crippen LogP contribution in [0.1, 0.15) is 39.5 Å². The van der Waals surface area contributed by atoms with Gasteiger partial charge in [0.25, 0.3) is 0 Å². The predicted molar refractivity (Wildman–Crippen MR) is 52.7 cm³/mol. The average molecular weight is 225 g/mol. The van der Waals surface area contributed by atoms with Crippen molar-refractivity contribution in [3.63, 3.8) is 0 Å². The number of ketones is 1. The van der Waals surface area contributed by atoms with Crippen LogP contribution >= 0.6 is 0 Å². The van der Waals surface area contributed by atoms with Crippen LogP contribution in [0.3, 0.4) is 0 Å². The lowest BCUT2D eigenvalue weighted by molar-refractivity contribution is -0.137. The Morgan fingerprint density at radius 1 is 1.27 bits per heavy atom. The van der Waals surface area contributed by atoms with Gasteiger partial charge in [0.2, 0.25) is 0 Å². The molecule has 0 spiro atoms. The summed E-state index contributed by atoms with van der Waals surface area (Å²) >= 11 is 0. The lowest BCUT2D eigenvalue weighted by atomic mass is 10.1. The summed E-state index contributed by atoms with van der Waals surface area (Å²) in [7, 11) is 0. The van der Waals surface area contributed by atoms with E-state index in [0.29, 0.717) is 19.0 Å². The fourth-order valence-electron chi connectivity index (χ4n) is 1.11. The molecule has 0 amide bonds. The molecule has 0 aliphatic heterocycles. The van der Waals surface area contributed by atoms with Crippen LogP contribution in [0.5, 0.6) is 0 Å². The highest BCUT2D eigenvalue weighted by Crippen LogP contribution is 2.22. The van der Waals surface area contributed by atoms with Gasteiger partial charge in [0.05, 0.1) is 0 Å². The zero-order valence-electron chi connectivity index (χ0n) is 9.16. The Morgan fingerprint density at radius 3 is 2.33 bits per heavy atom. The Balaban J connectivity index is 3.42. The van der Waals surface area contributed by atoms with Gasteiger partial charge in [0, 0.05) is 31.8 Å². The summed E-state index contributed by atoms with van der Waals surface area (Å²) < 4.78 is 35.2. The summed E-state index contributed by atoms with van der Waals surface area (Å²) in [6.45, 7) is 4.45. The van der Waals surface area contributed by atoms with Gasteiger partial charge in [-0.25, -0.2) is 0 Å². The van der Waals surface area contributed by atoms with Gasteiger partial charge in [-0.05, 0) is 6.42 Å². The van der Waals surface area contributed by atoms with Crippen molar-refractivity contribution in [1.29, 1.82) is 0 Å². The number of rotatable bonds is 7. The highest BCUT2D eigenvalue weighted by Gasteiger charge is 2.26. The third-order valence-corrected chi connectivity index (χ3v) is 1.87. The van der Waals surface area contributed by atoms with Crippen molar-refractivity contribution in [2.75, 3.05) is 6.54 Å². The first-order valence-electron chi connectivity index (χ1n) is 5.13. The molecule has 0 heterocycles. The first kappa shape index (κ1) is 14.4. The molecule has 0 aromatic heterocycles. The van der Waals surface area contributed by atoms with Gasteiger partial charge in [-0.15, -0.1) is 0 Å². The molecule has 0 aromatic rings. The molecule has 0 aliphatic rings. The highest BCUT2D eigenvalue weighted by molar-refractivity contribution is 5.78. The van der Waals surface area contributed by atoms with Crippen LogP contribution < -0.4 is 5.32 Å². The molecule has 0 saturated heterocycles. The van der Waals surface area contributed by atoms with Crippen LogP contribution in [-0.2, 0) is 4.79 Å². The zero-order valence-corrected chi connectivity index (χ0v) is 9.16. The maximum absolute atomic E-state index is 11.7. The van der Waals surface area contributed by atoms with E-state index in [0.717, 1.165) is 0 Å². The summed E-state index contributed by atoms with van der Waals surface area (Å²) in [5.74, 6) is -0.104. The number of hydrogen-bond donors (Lipinski definition) is 1. The zero-order chi connectivity index (χ0) is 11.9. The third-order valence-electron chi connectivity index (χ3n) is 1.87. The Bertz CT molecular complexity index is 190. The van der Waals surface area contributed by atoms with E-state index in [4.69, 9.17) is 0 Å². The molecule has 1 N–H and O–H groups in total. The Labute approximate surface area is 88.2 Å².